The van der Waals surface area contributed by atoms with Gasteiger partial charge in [-0.25, -0.2) is 14.3 Å². The Labute approximate surface area is 141 Å². The summed E-state index contributed by atoms with van der Waals surface area (Å²) in [4.78, 5) is 17.9. The van der Waals surface area contributed by atoms with Crippen LogP contribution in [-0.2, 0) is 4.74 Å². The van der Waals surface area contributed by atoms with Crippen molar-refractivity contribution in [3.05, 3.63) is 29.2 Å². The van der Waals surface area contributed by atoms with E-state index in [-0.39, 0.29) is 18.3 Å². The summed E-state index contributed by atoms with van der Waals surface area (Å²) < 4.78 is 14.5. The number of carbonyl (C=O) groups is 1. The molecule has 2 aromatic rings. The van der Waals surface area contributed by atoms with E-state index in [0.29, 0.717) is 23.8 Å². The maximum atomic E-state index is 12.1. The molecule has 3 heterocycles. The molecule has 1 amide bonds. The Kier molecular flexibility index (Phi) is 3.85. The summed E-state index contributed by atoms with van der Waals surface area (Å²) in [5.74, 6) is 0.249. The lowest BCUT2D eigenvalue weighted by atomic mass is 9.90. The molecular weight excluding hydrogens is 316 g/mol. The highest BCUT2D eigenvalue weighted by atomic mass is 35.5. The van der Waals surface area contributed by atoms with Crippen molar-refractivity contribution in [2.24, 2.45) is 0 Å². The minimum absolute atomic E-state index is 0.0250. The van der Waals surface area contributed by atoms with E-state index >= 15 is 0 Å². The smallest absolute Gasteiger partial charge is 0.410 e. The number of fused-ring (bicyclic) bond motifs is 1. The number of hydrogen-bond acceptors (Lipinski definition) is 4. The van der Waals surface area contributed by atoms with Crippen LogP contribution in [0.3, 0.4) is 0 Å². The van der Waals surface area contributed by atoms with Crippen molar-refractivity contribution >= 4 is 23.3 Å². The lowest BCUT2D eigenvalue weighted by Gasteiger charge is -2.33. The zero-order valence-electron chi connectivity index (χ0n) is 14.5. The third kappa shape index (κ3) is 3.58. The molecule has 0 aliphatic carbocycles. The number of rotatable bonds is 1. The molecule has 0 unspecified atom stereocenters. The van der Waals surface area contributed by atoms with Gasteiger partial charge in [-0.05, 0) is 45.1 Å². The van der Waals surface area contributed by atoms with Gasteiger partial charge < -0.3 is 9.64 Å². The molecule has 23 heavy (non-hydrogen) atoms. The second-order valence-corrected chi connectivity index (χ2v) is 7.24. The predicted molar refractivity (Wildman–Crippen MR) is 87.8 cm³/mol. The Morgan fingerprint density at radius 2 is 2.13 bits per heavy atom. The number of likely N-dealkylation sites (tertiary alicyclic amines) is 1. The summed E-state index contributed by atoms with van der Waals surface area (Å²) in [5, 5.41) is 4.65. The van der Waals surface area contributed by atoms with E-state index in [1.54, 1.807) is 15.5 Å². The Bertz CT molecular complexity index is 763. The second-order valence-electron chi connectivity index (χ2n) is 6.83. The molecule has 1 fully saturated rings. The molecule has 1 saturated heterocycles. The van der Waals surface area contributed by atoms with Gasteiger partial charge in [0.15, 0.2) is 5.65 Å². The zero-order valence-corrected chi connectivity index (χ0v) is 14.3. The first-order chi connectivity index (χ1) is 11.2. The van der Waals surface area contributed by atoms with Crippen molar-refractivity contribution in [2.45, 2.75) is 45.1 Å². The highest BCUT2D eigenvalue weighted by Crippen LogP contribution is 2.33. The largest absolute Gasteiger partial charge is 0.444 e. The van der Waals surface area contributed by atoms with Crippen LogP contribution >= 0.6 is 11.6 Å². The third-order valence-electron chi connectivity index (χ3n) is 3.93. The minimum Gasteiger partial charge on any atom is -0.444 e. The van der Waals surface area contributed by atoms with Crippen LogP contribution in [0.25, 0.3) is 5.65 Å². The van der Waals surface area contributed by atoms with Crippen LogP contribution in [0.5, 0.6) is 0 Å². The minimum atomic E-state index is -0.483. The standard InChI is InChI=1S/C16H21ClN4O2/c1-16(2,3)23-15(22)20-6-4-11(5-7-20)12-9-21-14(8-13(12)17)18-10-19-21/h8-11H,4-7H2,1-3H3/i10D. The topological polar surface area (TPSA) is 59.7 Å². The van der Waals surface area contributed by atoms with Gasteiger partial charge in [-0.2, -0.15) is 5.10 Å². The number of pyridine rings is 1. The Balaban J connectivity index is 1.70. The predicted octanol–water partition coefficient (Wildman–Crippen LogP) is 3.50. The van der Waals surface area contributed by atoms with Gasteiger partial charge >= 0.3 is 6.09 Å². The molecule has 1 aliphatic rings. The van der Waals surface area contributed by atoms with Gasteiger partial charge in [0.05, 0.1) is 0 Å². The molecule has 0 atom stereocenters. The molecule has 3 rings (SSSR count). The van der Waals surface area contributed by atoms with Crippen molar-refractivity contribution in [2.75, 3.05) is 13.1 Å². The molecular formula is C16H21ClN4O2. The molecule has 0 N–H and O–H groups in total. The SMILES string of the molecule is [2H]c1nc2cc(Cl)c(C3CCN(C(=O)OC(C)(C)C)CC3)cn2n1. The van der Waals surface area contributed by atoms with Crippen LogP contribution in [0.1, 0.15) is 46.5 Å². The molecule has 0 aromatic carbocycles. The van der Waals surface area contributed by atoms with Crippen LogP contribution in [0.4, 0.5) is 4.79 Å². The maximum Gasteiger partial charge on any atom is 0.410 e. The Hall–Kier alpha value is -1.82. The molecule has 0 bridgehead atoms. The van der Waals surface area contributed by atoms with Gasteiger partial charge in [0.25, 0.3) is 0 Å². The summed E-state index contributed by atoms with van der Waals surface area (Å²) in [6.07, 6.45) is 3.18. The van der Waals surface area contributed by atoms with E-state index < -0.39 is 5.60 Å². The number of aromatic nitrogens is 3. The summed E-state index contributed by atoms with van der Waals surface area (Å²) in [6, 6.07) is 1.74. The Morgan fingerprint density at radius 1 is 1.43 bits per heavy atom. The summed E-state index contributed by atoms with van der Waals surface area (Å²) in [5.41, 5.74) is 1.07. The number of hydrogen-bond donors (Lipinski definition) is 0. The van der Waals surface area contributed by atoms with Gasteiger partial charge in [0.2, 0.25) is 0 Å². The first-order valence-electron chi connectivity index (χ1n) is 8.23. The van der Waals surface area contributed by atoms with E-state index in [1.807, 2.05) is 27.0 Å². The summed E-state index contributed by atoms with van der Waals surface area (Å²) in [7, 11) is 0. The monoisotopic (exact) mass is 337 g/mol. The van der Waals surface area contributed by atoms with Crippen LogP contribution in [0, 0.1) is 0 Å². The van der Waals surface area contributed by atoms with Crippen molar-refractivity contribution in [1.29, 1.82) is 0 Å². The van der Waals surface area contributed by atoms with E-state index in [1.165, 1.54) is 0 Å². The molecule has 0 saturated carbocycles. The fourth-order valence-electron chi connectivity index (χ4n) is 2.81. The molecule has 0 spiro atoms. The molecule has 6 nitrogen and oxygen atoms in total. The first-order valence-corrected chi connectivity index (χ1v) is 8.11. The van der Waals surface area contributed by atoms with E-state index in [9.17, 15) is 4.79 Å². The second kappa shape index (κ2) is 6.00. The summed E-state index contributed by atoms with van der Waals surface area (Å²) in [6.45, 7) is 6.87. The van der Waals surface area contributed by atoms with E-state index in [0.717, 1.165) is 18.4 Å². The number of halogens is 1. The van der Waals surface area contributed by atoms with Gasteiger partial charge in [0, 0.05) is 30.4 Å². The first kappa shape index (κ1) is 14.8. The van der Waals surface area contributed by atoms with Crippen LogP contribution in [-0.4, -0.2) is 44.3 Å². The van der Waals surface area contributed by atoms with Crippen LogP contribution < -0.4 is 0 Å². The van der Waals surface area contributed by atoms with Crippen molar-refractivity contribution in [1.82, 2.24) is 19.5 Å². The Morgan fingerprint density at radius 3 is 2.78 bits per heavy atom. The van der Waals surface area contributed by atoms with Crippen LogP contribution in [0.2, 0.25) is 5.02 Å². The highest BCUT2D eigenvalue weighted by molar-refractivity contribution is 6.31. The van der Waals surface area contributed by atoms with Gasteiger partial charge in [-0.3, -0.25) is 0 Å². The van der Waals surface area contributed by atoms with Crippen molar-refractivity contribution in [3.8, 4) is 0 Å². The lowest BCUT2D eigenvalue weighted by Crippen LogP contribution is -2.41. The van der Waals surface area contributed by atoms with Crippen molar-refractivity contribution < 1.29 is 10.9 Å². The number of nitrogens with zero attached hydrogens (tertiary/aromatic N) is 4. The summed E-state index contributed by atoms with van der Waals surface area (Å²) >= 11 is 6.38. The third-order valence-corrected chi connectivity index (χ3v) is 4.26. The quantitative estimate of drug-likeness (QED) is 0.799. The average Bonchev–Trinajstić information content (AvgIpc) is 2.84. The van der Waals surface area contributed by atoms with Gasteiger partial charge in [-0.15, -0.1) is 0 Å². The van der Waals surface area contributed by atoms with Crippen molar-refractivity contribution in [3.63, 3.8) is 0 Å². The molecule has 7 heteroatoms. The molecule has 0 radical (unpaired) electrons. The lowest BCUT2D eigenvalue weighted by molar-refractivity contribution is 0.0205. The molecule has 2 aromatic heterocycles. The highest BCUT2D eigenvalue weighted by Gasteiger charge is 2.28. The number of piperidine rings is 1. The zero-order chi connectivity index (χ0) is 17.5. The fraction of sp³-hybridized carbons (Fsp3) is 0.562. The number of ether oxygens (including phenoxy) is 1. The van der Waals surface area contributed by atoms with E-state index in [2.05, 4.69) is 10.1 Å². The maximum absolute atomic E-state index is 12.1. The fourth-order valence-corrected chi connectivity index (χ4v) is 3.11. The van der Waals surface area contributed by atoms with Gasteiger partial charge in [-0.1, -0.05) is 11.6 Å². The van der Waals surface area contributed by atoms with E-state index in [4.69, 9.17) is 17.7 Å². The molecule has 1 aliphatic heterocycles. The molecule has 124 valence electrons. The van der Waals surface area contributed by atoms with Crippen LogP contribution in [0.15, 0.2) is 18.6 Å². The van der Waals surface area contributed by atoms with Gasteiger partial charge in [0.1, 0.15) is 13.3 Å². The average molecular weight is 338 g/mol. The normalized spacial score (nSPS) is 17.4. The number of carbonyl (C=O) groups excluding carboxylic acids is 1. The number of amides is 1.